The maximum Gasteiger partial charge on any atom is 0.268 e. The summed E-state index contributed by atoms with van der Waals surface area (Å²) >= 11 is 7.46. The lowest BCUT2D eigenvalue weighted by Crippen LogP contribution is -2.25. The maximum absolute atomic E-state index is 12.2. The maximum atomic E-state index is 12.2. The van der Waals surface area contributed by atoms with Gasteiger partial charge in [0.2, 0.25) is 0 Å². The van der Waals surface area contributed by atoms with E-state index in [0.29, 0.717) is 5.02 Å². The van der Waals surface area contributed by atoms with E-state index >= 15 is 0 Å². The van der Waals surface area contributed by atoms with Gasteiger partial charge in [-0.2, -0.15) is 0 Å². The zero-order chi connectivity index (χ0) is 13.8. The van der Waals surface area contributed by atoms with Crippen LogP contribution in [0.5, 0.6) is 0 Å². The van der Waals surface area contributed by atoms with Crippen LogP contribution in [0.1, 0.15) is 20.3 Å². The first-order valence-corrected chi connectivity index (χ1v) is 7.82. The molecule has 0 aliphatic carbocycles. The first kappa shape index (κ1) is 14.6. The average Bonchev–Trinajstić information content (AvgIpc) is 2.71. The Morgan fingerprint density at radius 2 is 2.05 bits per heavy atom. The molecule has 104 valence electrons. The largest absolute Gasteiger partial charge is 0.304 e. The summed E-state index contributed by atoms with van der Waals surface area (Å²) in [5.74, 6) is 0. The highest BCUT2D eigenvalue weighted by molar-refractivity contribution is 7.13. The van der Waals surface area contributed by atoms with Gasteiger partial charge in [-0.05, 0) is 44.3 Å². The Labute approximate surface area is 122 Å². The van der Waals surface area contributed by atoms with Crippen molar-refractivity contribution in [3.05, 3.63) is 33.6 Å². The summed E-state index contributed by atoms with van der Waals surface area (Å²) in [4.78, 5) is 14.5. The second-order valence-electron chi connectivity index (χ2n) is 4.52. The van der Waals surface area contributed by atoms with Crippen LogP contribution in [0.3, 0.4) is 0 Å². The SMILES string of the molecule is CCN(CC)CCCn1sc2cc(Cl)ccc2c1=O. The van der Waals surface area contributed by atoms with Gasteiger partial charge in [0.25, 0.3) is 5.56 Å². The first-order chi connectivity index (χ1) is 9.15. The molecule has 0 aliphatic rings. The molecular weight excluding hydrogens is 280 g/mol. The fourth-order valence-electron chi connectivity index (χ4n) is 2.17. The van der Waals surface area contributed by atoms with Gasteiger partial charge in [-0.15, -0.1) is 0 Å². The molecule has 0 aliphatic heterocycles. The highest BCUT2D eigenvalue weighted by atomic mass is 35.5. The minimum atomic E-state index is 0.108. The smallest absolute Gasteiger partial charge is 0.268 e. The summed E-state index contributed by atoms with van der Waals surface area (Å²) < 4.78 is 2.81. The van der Waals surface area contributed by atoms with Crippen molar-refractivity contribution in [1.29, 1.82) is 0 Å². The van der Waals surface area contributed by atoms with E-state index in [-0.39, 0.29) is 5.56 Å². The summed E-state index contributed by atoms with van der Waals surface area (Å²) in [6, 6.07) is 5.46. The predicted molar refractivity (Wildman–Crippen MR) is 83.5 cm³/mol. The normalized spacial score (nSPS) is 11.6. The predicted octanol–water partition coefficient (Wildman–Crippen LogP) is 3.45. The van der Waals surface area contributed by atoms with Gasteiger partial charge in [-0.1, -0.05) is 37.0 Å². The van der Waals surface area contributed by atoms with Crippen molar-refractivity contribution in [3.63, 3.8) is 0 Å². The summed E-state index contributed by atoms with van der Waals surface area (Å²) in [5.41, 5.74) is 0.108. The van der Waals surface area contributed by atoms with Crippen LogP contribution in [-0.4, -0.2) is 28.5 Å². The van der Waals surface area contributed by atoms with E-state index in [2.05, 4.69) is 18.7 Å². The van der Waals surface area contributed by atoms with E-state index < -0.39 is 0 Å². The van der Waals surface area contributed by atoms with Gasteiger partial charge in [0.1, 0.15) is 0 Å². The number of aryl methyl sites for hydroxylation is 1. The van der Waals surface area contributed by atoms with Gasteiger partial charge in [-0.25, -0.2) is 0 Å². The molecule has 0 amide bonds. The highest BCUT2D eigenvalue weighted by Crippen LogP contribution is 2.21. The number of rotatable bonds is 6. The van der Waals surface area contributed by atoms with Gasteiger partial charge < -0.3 is 4.90 Å². The number of nitrogens with zero attached hydrogens (tertiary/aromatic N) is 2. The van der Waals surface area contributed by atoms with E-state index in [0.717, 1.165) is 42.7 Å². The van der Waals surface area contributed by atoms with Gasteiger partial charge in [0.15, 0.2) is 0 Å². The van der Waals surface area contributed by atoms with Crippen LogP contribution < -0.4 is 5.56 Å². The second-order valence-corrected chi connectivity index (χ2v) is 6.02. The molecular formula is C14H19ClN2OS. The van der Waals surface area contributed by atoms with Crippen LogP contribution in [-0.2, 0) is 6.54 Å². The Morgan fingerprint density at radius 3 is 2.74 bits per heavy atom. The van der Waals surface area contributed by atoms with Gasteiger partial charge in [0.05, 0.1) is 10.1 Å². The molecule has 0 saturated heterocycles. The summed E-state index contributed by atoms with van der Waals surface area (Å²) in [6.45, 7) is 8.27. The Balaban J connectivity index is 2.09. The van der Waals surface area contributed by atoms with E-state index in [9.17, 15) is 4.79 Å². The molecule has 0 N–H and O–H groups in total. The molecule has 1 aromatic heterocycles. The number of hydrogen-bond donors (Lipinski definition) is 0. The molecule has 1 heterocycles. The molecule has 0 spiro atoms. The molecule has 0 fully saturated rings. The van der Waals surface area contributed by atoms with Crippen molar-refractivity contribution < 1.29 is 0 Å². The molecule has 5 heteroatoms. The quantitative estimate of drug-likeness (QED) is 0.816. The van der Waals surface area contributed by atoms with Crippen molar-refractivity contribution in [2.45, 2.75) is 26.8 Å². The number of halogens is 1. The second kappa shape index (κ2) is 6.55. The van der Waals surface area contributed by atoms with Crippen molar-refractivity contribution in [2.24, 2.45) is 0 Å². The summed E-state index contributed by atoms with van der Waals surface area (Å²) in [6.07, 6.45) is 1.00. The topological polar surface area (TPSA) is 25.2 Å². The number of fused-ring (bicyclic) bond motifs is 1. The van der Waals surface area contributed by atoms with E-state index in [4.69, 9.17) is 11.6 Å². The average molecular weight is 299 g/mol. The van der Waals surface area contributed by atoms with E-state index in [1.54, 1.807) is 6.07 Å². The molecule has 2 rings (SSSR count). The van der Waals surface area contributed by atoms with Crippen LogP contribution >= 0.6 is 23.1 Å². The minimum absolute atomic E-state index is 0.108. The Kier molecular flexibility index (Phi) is 5.02. The Hall–Kier alpha value is -0.840. The molecule has 3 nitrogen and oxygen atoms in total. The summed E-state index contributed by atoms with van der Waals surface area (Å²) in [7, 11) is 0. The molecule has 0 unspecified atom stereocenters. The fraction of sp³-hybridized carbons (Fsp3) is 0.500. The van der Waals surface area contributed by atoms with Crippen LogP contribution in [0.25, 0.3) is 10.1 Å². The standard InChI is InChI=1S/C14H19ClN2OS/c1-3-16(4-2)8-5-9-17-14(18)12-7-6-11(15)10-13(12)19-17/h6-7,10H,3-5,8-9H2,1-2H3. The zero-order valence-corrected chi connectivity index (χ0v) is 12.9. The van der Waals surface area contributed by atoms with Crippen LogP contribution in [0.4, 0.5) is 0 Å². The van der Waals surface area contributed by atoms with Gasteiger partial charge in [0, 0.05) is 11.6 Å². The van der Waals surface area contributed by atoms with E-state index in [1.807, 2.05) is 16.1 Å². The number of aromatic nitrogens is 1. The fourth-order valence-corrected chi connectivity index (χ4v) is 3.48. The molecule has 0 bridgehead atoms. The first-order valence-electron chi connectivity index (χ1n) is 6.67. The van der Waals surface area contributed by atoms with Crippen molar-refractivity contribution >= 4 is 33.2 Å². The van der Waals surface area contributed by atoms with Gasteiger partial charge >= 0.3 is 0 Å². The number of hydrogen-bond acceptors (Lipinski definition) is 3. The van der Waals surface area contributed by atoms with Crippen molar-refractivity contribution in [2.75, 3.05) is 19.6 Å². The lowest BCUT2D eigenvalue weighted by atomic mass is 10.3. The van der Waals surface area contributed by atoms with E-state index in [1.165, 1.54) is 11.5 Å². The monoisotopic (exact) mass is 298 g/mol. The molecule has 1 aromatic carbocycles. The lowest BCUT2D eigenvalue weighted by molar-refractivity contribution is 0.294. The van der Waals surface area contributed by atoms with Crippen molar-refractivity contribution in [1.82, 2.24) is 8.86 Å². The zero-order valence-electron chi connectivity index (χ0n) is 11.4. The molecule has 0 atom stereocenters. The van der Waals surface area contributed by atoms with Crippen LogP contribution in [0.15, 0.2) is 23.0 Å². The minimum Gasteiger partial charge on any atom is -0.304 e. The molecule has 0 radical (unpaired) electrons. The lowest BCUT2D eigenvalue weighted by Gasteiger charge is -2.17. The van der Waals surface area contributed by atoms with Crippen LogP contribution in [0.2, 0.25) is 5.02 Å². The Morgan fingerprint density at radius 1 is 1.32 bits per heavy atom. The molecule has 19 heavy (non-hydrogen) atoms. The molecule has 2 aromatic rings. The third-order valence-electron chi connectivity index (χ3n) is 3.34. The molecule has 0 saturated carbocycles. The highest BCUT2D eigenvalue weighted by Gasteiger charge is 2.08. The van der Waals surface area contributed by atoms with Gasteiger partial charge in [-0.3, -0.25) is 8.75 Å². The summed E-state index contributed by atoms with van der Waals surface area (Å²) in [5, 5.41) is 1.46. The Bertz CT molecular complexity index is 601. The third kappa shape index (κ3) is 3.38. The van der Waals surface area contributed by atoms with Crippen molar-refractivity contribution in [3.8, 4) is 0 Å². The number of benzene rings is 1. The van der Waals surface area contributed by atoms with Crippen LogP contribution in [0, 0.1) is 0 Å². The third-order valence-corrected chi connectivity index (χ3v) is 4.68.